The molecule has 6 nitrogen and oxygen atoms in total. The number of benzene rings is 2. The van der Waals surface area contributed by atoms with Gasteiger partial charge in [-0.1, -0.05) is 28.1 Å². The number of carbonyl (C=O) groups excluding carboxylic acids is 2. The van der Waals surface area contributed by atoms with Crippen LogP contribution in [0.3, 0.4) is 0 Å². The second-order valence-corrected chi connectivity index (χ2v) is 7.33. The zero-order valence-electron chi connectivity index (χ0n) is 14.8. The molecule has 0 aromatic heterocycles. The normalized spacial score (nSPS) is 10.3. The van der Waals surface area contributed by atoms with Gasteiger partial charge in [-0.3, -0.25) is 9.59 Å². The molecule has 0 saturated carbocycles. The van der Waals surface area contributed by atoms with E-state index in [4.69, 9.17) is 9.47 Å². The highest BCUT2D eigenvalue weighted by Crippen LogP contribution is 2.28. The van der Waals surface area contributed by atoms with Gasteiger partial charge in [0.25, 0.3) is 11.8 Å². The molecular formula is C19H20Br2N2O4. The SMILES string of the molecule is COCCCNC(=O)c1ccccc1NC(=O)COc1ccc(Br)cc1Br. The van der Waals surface area contributed by atoms with Gasteiger partial charge in [0.1, 0.15) is 5.75 Å². The number of ether oxygens (including phenoxy) is 2. The van der Waals surface area contributed by atoms with E-state index in [1.807, 2.05) is 12.1 Å². The maximum absolute atomic E-state index is 12.3. The Morgan fingerprint density at radius 1 is 1.11 bits per heavy atom. The Labute approximate surface area is 174 Å². The van der Waals surface area contributed by atoms with E-state index in [1.165, 1.54) is 0 Å². The number of anilines is 1. The van der Waals surface area contributed by atoms with Crippen LogP contribution in [0.5, 0.6) is 5.75 Å². The summed E-state index contributed by atoms with van der Waals surface area (Å²) >= 11 is 6.74. The third-order valence-corrected chi connectivity index (χ3v) is 4.62. The van der Waals surface area contributed by atoms with Gasteiger partial charge < -0.3 is 20.1 Å². The lowest BCUT2D eigenvalue weighted by molar-refractivity contribution is -0.118. The quantitative estimate of drug-likeness (QED) is 0.511. The van der Waals surface area contributed by atoms with E-state index in [9.17, 15) is 9.59 Å². The number of methoxy groups -OCH3 is 1. The summed E-state index contributed by atoms with van der Waals surface area (Å²) in [6.07, 6.45) is 0.715. The lowest BCUT2D eigenvalue weighted by Gasteiger charge is -2.12. The number of hydrogen-bond donors (Lipinski definition) is 2. The average molecular weight is 500 g/mol. The maximum atomic E-state index is 12.3. The van der Waals surface area contributed by atoms with Crippen LogP contribution < -0.4 is 15.4 Å². The Bertz CT molecular complexity index is 799. The molecule has 2 aromatic carbocycles. The van der Waals surface area contributed by atoms with Crippen molar-refractivity contribution >= 4 is 49.4 Å². The lowest BCUT2D eigenvalue weighted by Crippen LogP contribution is -2.27. The maximum Gasteiger partial charge on any atom is 0.262 e. The van der Waals surface area contributed by atoms with Crippen LogP contribution in [-0.4, -0.2) is 38.7 Å². The fourth-order valence-corrected chi connectivity index (χ4v) is 3.39. The van der Waals surface area contributed by atoms with Gasteiger partial charge in [-0.05, 0) is 52.7 Å². The molecule has 144 valence electrons. The van der Waals surface area contributed by atoms with Crippen LogP contribution in [0.4, 0.5) is 5.69 Å². The summed E-state index contributed by atoms with van der Waals surface area (Å²) in [5.41, 5.74) is 0.832. The first-order chi connectivity index (χ1) is 13.0. The molecule has 27 heavy (non-hydrogen) atoms. The molecule has 2 aromatic rings. The number of hydrogen-bond acceptors (Lipinski definition) is 4. The summed E-state index contributed by atoms with van der Waals surface area (Å²) in [4.78, 5) is 24.6. The molecule has 8 heteroatoms. The van der Waals surface area contributed by atoms with Gasteiger partial charge in [0, 0.05) is 24.7 Å². The van der Waals surface area contributed by atoms with E-state index in [1.54, 1.807) is 37.4 Å². The Morgan fingerprint density at radius 3 is 2.63 bits per heavy atom. The van der Waals surface area contributed by atoms with Crippen LogP contribution in [0.25, 0.3) is 0 Å². The molecule has 0 aliphatic carbocycles. The van der Waals surface area contributed by atoms with Crippen LogP contribution in [-0.2, 0) is 9.53 Å². The minimum atomic E-state index is -0.357. The molecule has 0 atom stereocenters. The molecule has 0 unspecified atom stereocenters. The Morgan fingerprint density at radius 2 is 1.89 bits per heavy atom. The minimum absolute atomic E-state index is 0.177. The highest BCUT2D eigenvalue weighted by Gasteiger charge is 2.13. The third kappa shape index (κ3) is 6.97. The lowest BCUT2D eigenvalue weighted by atomic mass is 10.1. The molecule has 2 rings (SSSR count). The van der Waals surface area contributed by atoms with Gasteiger partial charge in [-0.25, -0.2) is 0 Å². The molecule has 0 spiro atoms. The number of amides is 2. The van der Waals surface area contributed by atoms with Crippen LogP contribution in [0, 0.1) is 0 Å². The number of carbonyl (C=O) groups is 2. The molecule has 0 aliphatic rings. The van der Waals surface area contributed by atoms with E-state index >= 15 is 0 Å². The monoisotopic (exact) mass is 498 g/mol. The van der Waals surface area contributed by atoms with Crippen LogP contribution in [0.1, 0.15) is 16.8 Å². The van der Waals surface area contributed by atoms with E-state index in [-0.39, 0.29) is 18.4 Å². The fraction of sp³-hybridized carbons (Fsp3) is 0.263. The molecule has 0 radical (unpaired) electrons. The predicted octanol–water partition coefficient (Wildman–Crippen LogP) is 4.00. The van der Waals surface area contributed by atoms with Gasteiger partial charge in [-0.15, -0.1) is 0 Å². The highest BCUT2D eigenvalue weighted by molar-refractivity contribution is 9.11. The van der Waals surface area contributed by atoms with Gasteiger partial charge in [-0.2, -0.15) is 0 Å². The van der Waals surface area contributed by atoms with Crippen LogP contribution in [0.15, 0.2) is 51.4 Å². The summed E-state index contributed by atoms with van der Waals surface area (Å²) in [5, 5.41) is 5.53. The zero-order valence-corrected chi connectivity index (χ0v) is 17.9. The number of nitrogens with one attached hydrogen (secondary N) is 2. The second kappa shape index (κ2) is 11.1. The average Bonchev–Trinajstić information content (AvgIpc) is 2.65. The fourth-order valence-electron chi connectivity index (χ4n) is 2.23. The number of halogens is 2. The molecular weight excluding hydrogens is 480 g/mol. The summed E-state index contributed by atoms with van der Waals surface area (Å²) in [6, 6.07) is 12.2. The molecule has 0 bridgehead atoms. The van der Waals surface area contributed by atoms with Gasteiger partial charge in [0.15, 0.2) is 6.61 Å². The van der Waals surface area contributed by atoms with Crippen molar-refractivity contribution in [1.82, 2.24) is 5.32 Å². The van der Waals surface area contributed by atoms with E-state index in [2.05, 4.69) is 42.5 Å². The van der Waals surface area contributed by atoms with Crippen molar-refractivity contribution in [2.45, 2.75) is 6.42 Å². The summed E-state index contributed by atoms with van der Waals surface area (Å²) in [5.74, 6) is -0.0550. The van der Waals surface area contributed by atoms with E-state index in [0.29, 0.717) is 36.6 Å². The van der Waals surface area contributed by atoms with Crippen molar-refractivity contribution in [3.63, 3.8) is 0 Å². The second-order valence-electron chi connectivity index (χ2n) is 5.56. The Hall–Kier alpha value is -1.90. The van der Waals surface area contributed by atoms with Crippen molar-refractivity contribution in [2.75, 3.05) is 32.2 Å². The van der Waals surface area contributed by atoms with E-state index < -0.39 is 0 Å². The molecule has 0 heterocycles. The first-order valence-corrected chi connectivity index (χ1v) is 9.83. The van der Waals surface area contributed by atoms with Gasteiger partial charge in [0.05, 0.1) is 15.7 Å². The van der Waals surface area contributed by atoms with E-state index in [0.717, 1.165) is 8.95 Å². The van der Waals surface area contributed by atoms with Gasteiger partial charge in [0.2, 0.25) is 0 Å². The molecule has 0 saturated heterocycles. The predicted molar refractivity (Wildman–Crippen MR) is 111 cm³/mol. The first kappa shape index (κ1) is 21.4. The topological polar surface area (TPSA) is 76.7 Å². The largest absolute Gasteiger partial charge is 0.483 e. The van der Waals surface area contributed by atoms with Crippen molar-refractivity contribution in [3.8, 4) is 5.75 Å². The van der Waals surface area contributed by atoms with Crippen LogP contribution in [0.2, 0.25) is 0 Å². The zero-order chi connectivity index (χ0) is 19.6. The van der Waals surface area contributed by atoms with Crippen LogP contribution >= 0.6 is 31.9 Å². The smallest absolute Gasteiger partial charge is 0.262 e. The van der Waals surface area contributed by atoms with Gasteiger partial charge >= 0.3 is 0 Å². The van der Waals surface area contributed by atoms with Crippen molar-refractivity contribution in [1.29, 1.82) is 0 Å². The standard InChI is InChI=1S/C19H20Br2N2O4/c1-26-10-4-9-22-19(25)14-5-2-3-6-16(14)23-18(24)12-27-17-8-7-13(20)11-15(17)21/h2-3,5-8,11H,4,9-10,12H2,1H3,(H,22,25)(H,23,24). The van der Waals surface area contributed by atoms with Crippen molar-refractivity contribution < 1.29 is 19.1 Å². The summed E-state index contributed by atoms with van der Waals surface area (Å²) in [7, 11) is 1.61. The Kier molecular flexibility index (Phi) is 8.77. The number of rotatable bonds is 9. The minimum Gasteiger partial charge on any atom is -0.483 e. The third-order valence-electron chi connectivity index (χ3n) is 3.51. The van der Waals surface area contributed by atoms with Crippen molar-refractivity contribution in [3.05, 3.63) is 57.0 Å². The number of para-hydroxylation sites is 1. The molecule has 0 aliphatic heterocycles. The van der Waals surface area contributed by atoms with Crippen molar-refractivity contribution in [2.24, 2.45) is 0 Å². The molecule has 0 fully saturated rings. The highest BCUT2D eigenvalue weighted by atomic mass is 79.9. The summed E-state index contributed by atoms with van der Waals surface area (Å²) in [6.45, 7) is 0.890. The molecule has 2 N–H and O–H groups in total. The Balaban J connectivity index is 1.94. The summed E-state index contributed by atoms with van der Waals surface area (Å²) < 4.78 is 12.1. The first-order valence-electron chi connectivity index (χ1n) is 8.25. The molecule has 2 amide bonds.